The van der Waals surface area contributed by atoms with Crippen molar-refractivity contribution in [3.05, 3.63) is 117 Å². The van der Waals surface area contributed by atoms with Gasteiger partial charge in [-0.1, -0.05) is 53.5 Å². The quantitative estimate of drug-likeness (QED) is 0.196. The third kappa shape index (κ3) is 5.19. The number of nitrogens with zero attached hydrogens (tertiary/aromatic N) is 5. The van der Waals surface area contributed by atoms with E-state index in [4.69, 9.17) is 28.2 Å². The molecule has 4 aromatic rings. The number of hydrogen-bond acceptors (Lipinski definition) is 4. The molecule has 0 radical (unpaired) electrons. The van der Waals surface area contributed by atoms with E-state index < -0.39 is 5.54 Å². The van der Waals surface area contributed by atoms with Gasteiger partial charge in [0.1, 0.15) is 0 Å². The Balaban J connectivity index is 1.83. The predicted molar refractivity (Wildman–Crippen MR) is 162 cm³/mol. The standard InChI is InChI=1S/C30H29Cl2N5OS/c1-35(2)19-34-30(27-16-33-18-36(27)3,21-8-11-23(31)12-9-21)22-10-13-26-25(15-22)29(39-17-28(38)37(26)4)20-6-5-7-24(32)14-20/h5-16,18-19,29H,17H2,1-4H3/b34-19+. The molecule has 0 spiro atoms. The molecule has 1 aromatic heterocycles. The number of hydrogen-bond donors (Lipinski definition) is 0. The van der Waals surface area contributed by atoms with Gasteiger partial charge in [0, 0.05) is 43.9 Å². The number of anilines is 1. The zero-order valence-corrected chi connectivity index (χ0v) is 24.5. The lowest BCUT2D eigenvalue weighted by Crippen LogP contribution is -2.32. The summed E-state index contributed by atoms with van der Waals surface area (Å²) in [6.07, 6.45) is 5.46. The topological polar surface area (TPSA) is 53.7 Å². The number of benzene rings is 3. The van der Waals surface area contributed by atoms with Crippen molar-refractivity contribution >= 4 is 52.9 Å². The second-order valence-electron chi connectivity index (χ2n) is 9.79. The van der Waals surface area contributed by atoms with Crippen LogP contribution in [0.5, 0.6) is 0 Å². The predicted octanol–water partition coefficient (Wildman–Crippen LogP) is 6.41. The maximum atomic E-state index is 13.0. The van der Waals surface area contributed by atoms with Gasteiger partial charge in [0.15, 0.2) is 5.54 Å². The van der Waals surface area contributed by atoms with Crippen LogP contribution in [0.3, 0.4) is 0 Å². The van der Waals surface area contributed by atoms with Crippen molar-refractivity contribution in [3.63, 3.8) is 0 Å². The van der Waals surface area contributed by atoms with E-state index in [9.17, 15) is 4.79 Å². The maximum absolute atomic E-state index is 13.0. The highest BCUT2D eigenvalue weighted by molar-refractivity contribution is 8.00. The number of halogens is 2. The number of carbonyl (C=O) groups excluding carboxylic acids is 1. The van der Waals surface area contributed by atoms with Crippen molar-refractivity contribution < 1.29 is 4.79 Å². The van der Waals surface area contributed by atoms with Crippen molar-refractivity contribution in [1.82, 2.24) is 14.5 Å². The molecule has 1 amide bonds. The monoisotopic (exact) mass is 577 g/mol. The number of aliphatic imine (C=N–C) groups is 1. The Morgan fingerprint density at radius 1 is 1.03 bits per heavy atom. The van der Waals surface area contributed by atoms with Crippen LogP contribution in [0.25, 0.3) is 0 Å². The van der Waals surface area contributed by atoms with Crippen molar-refractivity contribution in [1.29, 1.82) is 0 Å². The van der Waals surface area contributed by atoms with Gasteiger partial charge in [-0.05, 0) is 58.7 Å². The van der Waals surface area contributed by atoms with Gasteiger partial charge in [-0.25, -0.2) is 4.98 Å². The molecule has 0 bridgehead atoms. The third-order valence-electron chi connectivity index (χ3n) is 6.92. The van der Waals surface area contributed by atoms with E-state index >= 15 is 0 Å². The third-order valence-corrected chi connectivity index (χ3v) is 8.68. The van der Waals surface area contributed by atoms with Crippen LogP contribution < -0.4 is 4.90 Å². The maximum Gasteiger partial charge on any atom is 0.236 e. The van der Waals surface area contributed by atoms with Gasteiger partial charge in [-0.3, -0.25) is 9.79 Å². The van der Waals surface area contributed by atoms with Gasteiger partial charge >= 0.3 is 0 Å². The molecule has 2 unspecified atom stereocenters. The number of amides is 1. The van der Waals surface area contributed by atoms with Crippen molar-refractivity contribution in [3.8, 4) is 0 Å². The minimum atomic E-state index is -0.937. The van der Waals surface area contributed by atoms with E-state index in [0.717, 1.165) is 33.6 Å². The Morgan fingerprint density at radius 3 is 2.44 bits per heavy atom. The first kappa shape index (κ1) is 27.3. The van der Waals surface area contributed by atoms with Crippen LogP contribution in [-0.2, 0) is 17.4 Å². The van der Waals surface area contributed by atoms with Gasteiger partial charge in [-0.2, -0.15) is 0 Å². The Kier molecular flexibility index (Phi) is 7.76. The molecule has 200 valence electrons. The molecule has 0 saturated carbocycles. The van der Waals surface area contributed by atoms with E-state index in [1.807, 2.05) is 98.7 Å². The molecular formula is C30H29Cl2N5OS. The number of aryl methyl sites for hydroxylation is 1. The van der Waals surface area contributed by atoms with Crippen LogP contribution in [0.15, 0.2) is 84.2 Å². The average Bonchev–Trinajstić information content (AvgIpc) is 3.30. The molecule has 0 saturated heterocycles. The number of thioether (sulfide) groups is 1. The Bertz CT molecular complexity index is 1530. The summed E-state index contributed by atoms with van der Waals surface area (Å²) < 4.78 is 1.99. The van der Waals surface area contributed by atoms with Crippen LogP contribution >= 0.6 is 35.0 Å². The summed E-state index contributed by atoms with van der Waals surface area (Å²) >= 11 is 14.3. The summed E-state index contributed by atoms with van der Waals surface area (Å²) in [5, 5.41) is 1.21. The second-order valence-corrected chi connectivity index (χ2v) is 11.8. The first-order chi connectivity index (χ1) is 18.7. The number of carbonyl (C=O) groups is 1. The van der Waals surface area contributed by atoms with Crippen molar-refractivity contribution in [2.75, 3.05) is 31.8 Å². The molecule has 0 N–H and O–H groups in total. The summed E-state index contributed by atoms with van der Waals surface area (Å²) in [6, 6.07) is 21.9. The molecule has 3 aromatic carbocycles. The molecule has 1 aliphatic rings. The van der Waals surface area contributed by atoms with Crippen LogP contribution in [0.2, 0.25) is 10.0 Å². The number of fused-ring (bicyclic) bond motifs is 1. The number of aromatic nitrogens is 2. The van der Waals surface area contributed by atoms with Gasteiger partial charge in [0.05, 0.1) is 35.6 Å². The fourth-order valence-electron chi connectivity index (χ4n) is 4.99. The van der Waals surface area contributed by atoms with Crippen molar-refractivity contribution in [2.45, 2.75) is 10.8 Å². The summed E-state index contributed by atoms with van der Waals surface area (Å²) in [7, 11) is 7.70. The molecule has 1 aliphatic heterocycles. The minimum absolute atomic E-state index is 0.0553. The fourth-order valence-corrected chi connectivity index (χ4v) is 6.53. The first-order valence-electron chi connectivity index (χ1n) is 12.4. The van der Waals surface area contributed by atoms with E-state index in [2.05, 4.69) is 23.2 Å². The molecule has 6 nitrogen and oxygen atoms in total. The lowest BCUT2D eigenvalue weighted by molar-refractivity contribution is -0.115. The molecule has 2 heterocycles. The SMILES string of the molecule is CN(C)/C=N/C(c1ccc(Cl)cc1)(c1ccc2c(c1)C(c1cccc(Cl)c1)SCC(=O)N2C)c1cncn1C. The summed E-state index contributed by atoms with van der Waals surface area (Å²) in [5.74, 6) is 0.417. The van der Waals surface area contributed by atoms with E-state index in [-0.39, 0.29) is 11.2 Å². The number of imidazole rings is 1. The van der Waals surface area contributed by atoms with Crippen LogP contribution in [0, 0.1) is 0 Å². The number of rotatable bonds is 6. The van der Waals surface area contributed by atoms with Gasteiger partial charge in [-0.15, -0.1) is 11.8 Å². The molecule has 39 heavy (non-hydrogen) atoms. The van der Waals surface area contributed by atoms with E-state index in [1.165, 1.54) is 0 Å². The zero-order chi connectivity index (χ0) is 27.7. The minimum Gasteiger partial charge on any atom is -0.369 e. The van der Waals surface area contributed by atoms with Gasteiger partial charge in [0.2, 0.25) is 5.91 Å². The zero-order valence-electron chi connectivity index (χ0n) is 22.2. The van der Waals surface area contributed by atoms with Crippen molar-refractivity contribution in [2.24, 2.45) is 12.0 Å². The molecule has 5 rings (SSSR count). The lowest BCUT2D eigenvalue weighted by atomic mass is 9.79. The van der Waals surface area contributed by atoms with Gasteiger partial charge in [0.25, 0.3) is 0 Å². The highest BCUT2D eigenvalue weighted by Gasteiger charge is 2.40. The van der Waals surface area contributed by atoms with Crippen LogP contribution in [0.1, 0.15) is 33.2 Å². The Hall–Kier alpha value is -3.26. The van der Waals surface area contributed by atoms with Crippen LogP contribution in [0.4, 0.5) is 5.69 Å². The summed E-state index contributed by atoms with van der Waals surface area (Å²) in [4.78, 5) is 26.3. The largest absolute Gasteiger partial charge is 0.369 e. The lowest BCUT2D eigenvalue weighted by Gasteiger charge is -2.33. The molecule has 9 heteroatoms. The smallest absolute Gasteiger partial charge is 0.236 e. The highest BCUT2D eigenvalue weighted by Crippen LogP contribution is 2.47. The Morgan fingerprint density at radius 2 is 1.77 bits per heavy atom. The second kappa shape index (κ2) is 11.1. The molecular weight excluding hydrogens is 549 g/mol. The summed E-state index contributed by atoms with van der Waals surface area (Å²) in [6.45, 7) is 0. The Labute approximate surface area is 243 Å². The molecule has 0 fully saturated rings. The highest BCUT2D eigenvalue weighted by atomic mass is 35.5. The van der Waals surface area contributed by atoms with Gasteiger partial charge < -0.3 is 14.4 Å². The summed E-state index contributed by atoms with van der Waals surface area (Å²) in [5.41, 5.74) is 4.78. The fraction of sp³-hybridized carbons (Fsp3) is 0.233. The van der Waals surface area contributed by atoms with E-state index in [1.54, 1.807) is 23.0 Å². The molecule has 2 atom stereocenters. The normalized spacial score (nSPS) is 17.1. The van der Waals surface area contributed by atoms with E-state index in [0.29, 0.717) is 15.8 Å². The first-order valence-corrected chi connectivity index (χ1v) is 14.2. The molecule has 0 aliphatic carbocycles. The van der Waals surface area contributed by atoms with Crippen LogP contribution in [-0.4, -0.2) is 53.6 Å². The average molecular weight is 579 g/mol.